The van der Waals surface area contributed by atoms with Crippen LogP contribution in [-0.2, 0) is 17.9 Å². The molecule has 27 heavy (non-hydrogen) atoms. The van der Waals surface area contributed by atoms with Crippen LogP contribution in [-0.4, -0.2) is 26.3 Å². The SMILES string of the molecule is CCn1c2cc(C)oc2c2cnn(CC(=O)NC3CCCCC3C)c(=O)c21. The van der Waals surface area contributed by atoms with Gasteiger partial charge in [0.25, 0.3) is 5.56 Å². The minimum Gasteiger partial charge on any atom is -0.459 e. The van der Waals surface area contributed by atoms with E-state index in [0.717, 1.165) is 30.5 Å². The Morgan fingerprint density at radius 1 is 1.37 bits per heavy atom. The van der Waals surface area contributed by atoms with Crippen molar-refractivity contribution in [1.82, 2.24) is 19.7 Å². The van der Waals surface area contributed by atoms with Crippen molar-refractivity contribution in [2.45, 2.75) is 65.6 Å². The third-order valence-corrected chi connectivity index (χ3v) is 5.73. The van der Waals surface area contributed by atoms with Crippen molar-refractivity contribution in [2.24, 2.45) is 5.92 Å². The Morgan fingerprint density at radius 3 is 2.89 bits per heavy atom. The molecule has 3 heterocycles. The Bertz CT molecular complexity index is 1060. The maximum absolute atomic E-state index is 13.0. The first-order valence-electron chi connectivity index (χ1n) is 9.77. The molecule has 0 spiro atoms. The summed E-state index contributed by atoms with van der Waals surface area (Å²) in [5, 5.41) is 8.02. The van der Waals surface area contributed by atoms with Crippen molar-refractivity contribution in [1.29, 1.82) is 0 Å². The van der Waals surface area contributed by atoms with E-state index < -0.39 is 0 Å². The zero-order valence-electron chi connectivity index (χ0n) is 16.1. The van der Waals surface area contributed by atoms with Crippen molar-refractivity contribution >= 4 is 27.9 Å². The summed E-state index contributed by atoms with van der Waals surface area (Å²) in [4.78, 5) is 25.5. The molecule has 0 aliphatic heterocycles. The molecule has 144 valence electrons. The number of carbonyl (C=O) groups is 1. The monoisotopic (exact) mass is 370 g/mol. The Labute approximate surface area is 157 Å². The number of furan rings is 1. The lowest BCUT2D eigenvalue weighted by Crippen LogP contribution is -2.43. The van der Waals surface area contributed by atoms with Gasteiger partial charge in [-0.25, -0.2) is 4.68 Å². The van der Waals surface area contributed by atoms with E-state index in [-0.39, 0.29) is 24.1 Å². The molecule has 1 fully saturated rings. The third-order valence-electron chi connectivity index (χ3n) is 5.73. The van der Waals surface area contributed by atoms with Crippen molar-refractivity contribution in [3.05, 3.63) is 28.4 Å². The molecule has 7 heteroatoms. The van der Waals surface area contributed by atoms with Gasteiger partial charge >= 0.3 is 0 Å². The number of fused-ring (bicyclic) bond motifs is 3. The summed E-state index contributed by atoms with van der Waals surface area (Å²) in [6.45, 7) is 6.63. The van der Waals surface area contributed by atoms with Gasteiger partial charge in [0.05, 0.1) is 17.1 Å². The van der Waals surface area contributed by atoms with Crippen LogP contribution in [0.15, 0.2) is 21.5 Å². The molecule has 0 bridgehead atoms. The lowest BCUT2D eigenvalue weighted by Gasteiger charge is -2.29. The summed E-state index contributed by atoms with van der Waals surface area (Å²) in [7, 11) is 0. The van der Waals surface area contributed by atoms with E-state index in [2.05, 4.69) is 17.3 Å². The number of aromatic nitrogens is 3. The zero-order valence-corrected chi connectivity index (χ0v) is 16.1. The number of nitrogens with zero attached hydrogens (tertiary/aromatic N) is 3. The van der Waals surface area contributed by atoms with Crippen LogP contribution in [0.2, 0.25) is 0 Å². The third kappa shape index (κ3) is 3.05. The smallest absolute Gasteiger partial charge is 0.291 e. The summed E-state index contributed by atoms with van der Waals surface area (Å²) in [6, 6.07) is 2.12. The maximum Gasteiger partial charge on any atom is 0.291 e. The van der Waals surface area contributed by atoms with Gasteiger partial charge in [-0.05, 0) is 32.6 Å². The highest BCUT2D eigenvalue weighted by atomic mass is 16.3. The van der Waals surface area contributed by atoms with Gasteiger partial charge in [-0.1, -0.05) is 19.8 Å². The van der Waals surface area contributed by atoms with Gasteiger partial charge in [0.1, 0.15) is 17.8 Å². The highest BCUT2D eigenvalue weighted by molar-refractivity contribution is 6.04. The fourth-order valence-corrected chi connectivity index (χ4v) is 4.28. The average Bonchev–Trinajstić information content (AvgIpc) is 3.14. The van der Waals surface area contributed by atoms with Gasteiger partial charge in [0.2, 0.25) is 5.91 Å². The maximum atomic E-state index is 13.0. The number of amides is 1. The largest absolute Gasteiger partial charge is 0.459 e. The molecule has 2 unspecified atom stereocenters. The molecule has 2 atom stereocenters. The van der Waals surface area contributed by atoms with Crippen LogP contribution in [0, 0.1) is 12.8 Å². The van der Waals surface area contributed by atoms with E-state index in [1.807, 2.05) is 24.5 Å². The number of carbonyl (C=O) groups excluding carboxylic acids is 1. The highest BCUT2D eigenvalue weighted by Gasteiger charge is 2.24. The van der Waals surface area contributed by atoms with Gasteiger partial charge in [-0.3, -0.25) is 9.59 Å². The van der Waals surface area contributed by atoms with Gasteiger partial charge in [-0.2, -0.15) is 5.10 Å². The minimum absolute atomic E-state index is 0.0622. The van der Waals surface area contributed by atoms with Crippen molar-refractivity contribution < 1.29 is 9.21 Å². The fraction of sp³-hybridized carbons (Fsp3) is 0.550. The number of aryl methyl sites for hydroxylation is 2. The molecular formula is C20H26N4O3. The van der Waals surface area contributed by atoms with Gasteiger partial charge < -0.3 is 14.3 Å². The van der Waals surface area contributed by atoms with E-state index in [4.69, 9.17) is 4.42 Å². The number of hydrogen-bond donors (Lipinski definition) is 1. The van der Waals surface area contributed by atoms with Crippen LogP contribution in [0.4, 0.5) is 0 Å². The van der Waals surface area contributed by atoms with Gasteiger partial charge in [0.15, 0.2) is 5.58 Å². The van der Waals surface area contributed by atoms with Gasteiger partial charge in [-0.15, -0.1) is 0 Å². The molecule has 3 aromatic rings. The first kappa shape index (κ1) is 17.8. The van der Waals surface area contributed by atoms with Crippen LogP contribution in [0.25, 0.3) is 22.0 Å². The molecule has 1 amide bonds. The van der Waals surface area contributed by atoms with Crippen LogP contribution in [0.3, 0.4) is 0 Å². The summed E-state index contributed by atoms with van der Waals surface area (Å²) in [6.07, 6.45) is 6.13. The van der Waals surface area contributed by atoms with Crippen molar-refractivity contribution in [3.8, 4) is 0 Å². The number of nitrogens with one attached hydrogen (secondary N) is 1. The first-order chi connectivity index (χ1) is 13.0. The molecule has 0 aromatic carbocycles. The standard InChI is InChI=1S/C20H26N4O3/c1-4-23-16-9-13(3)27-19(16)14-10-21-24(20(26)18(14)23)11-17(25)22-15-8-6-5-7-12(15)2/h9-10,12,15H,4-8,11H2,1-3H3,(H,22,25). The van der Waals surface area contributed by atoms with E-state index in [9.17, 15) is 9.59 Å². The van der Waals surface area contributed by atoms with E-state index in [1.54, 1.807) is 6.20 Å². The molecule has 3 aromatic heterocycles. The summed E-state index contributed by atoms with van der Waals surface area (Å²) in [5.41, 5.74) is 1.86. The second kappa shape index (κ2) is 6.87. The summed E-state index contributed by atoms with van der Waals surface area (Å²) < 4.78 is 8.95. The molecule has 4 rings (SSSR count). The normalized spacial score (nSPS) is 20.4. The highest BCUT2D eigenvalue weighted by Crippen LogP contribution is 2.29. The molecule has 0 saturated heterocycles. The van der Waals surface area contributed by atoms with E-state index in [0.29, 0.717) is 28.9 Å². The summed E-state index contributed by atoms with van der Waals surface area (Å²) >= 11 is 0. The van der Waals surface area contributed by atoms with Crippen LogP contribution >= 0.6 is 0 Å². The first-order valence-corrected chi connectivity index (χ1v) is 9.77. The fourth-order valence-electron chi connectivity index (χ4n) is 4.28. The second-order valence-electron chi connectivity index (χ2n) is 7.62. The van der Waals surface area contributed by atoms with E-state index >= 15 is 0 Å². The van der Waals surface area contributed by atoms with E-state index in [1.165, 1.54) is 11.1 Å². The predicted octanol–water partition coefficient (Wildman–Crippen LogP) is 2.97. The quantitative estimate of drug-likeness (QED) is 0.765. The van der Waals surface area contributed by atoms with Gasteiger partial charge in [0, 0.05) is 18.7 Å². The zero-order chi connectivity index (χ0) is 19.1. The molecule has 0 radical (unpaired) electrons. The lowest BCUT2D eigenvalue weighted by molar-refractivity contribution is -0.123. The number of hydrogen-bond acceptors (Lipinski definition) is 4. The van der Waals surface area contributed by atoms with Crippen LogP contribution in [0.5, 0.6) is 0 Å². The minimum atomic E-state index is -0.259. The van der Waals surface area contributed by atoms with Crippen LogP contribution < -0.4 is 10.9 Å². The summed E-state index contributed by atoms with van der Waals surface area (Å²) in [5.74, 6) is 1.12. The Balaban J connectivity index is 1.65. The molecule has 1 saturated carbocycles. The molecule has 1 N–H and O–H groups in total. The topological polar surface area (TPSA) is 82.1 Å². The molecular weight excluding hydrogens is 344 g/mol. The molecule has 1 aliphatic carbocycles. The molecule has 1 aliphatic rings. The predicted molar refractivity (Wildman–Crippen MR) is 104 cm³/mol. The Kier molecular flexibility index (Phi) is 4.53. The number of rotatable bonds is 4. The molecule has 7 nitrogen and oxygen atoms in total. The Morgan fingerprint density at radius 2 is 2.15 bits per heavy atom. The lowest BCUT2D eigenvalue weighted by atomic mass is 9.86. The second-order valence-corrected chi connectivity index (χ2v) is 7.62. The van der Waals surface area contributed by atoms with Crippen molar-refractivity contribution in [2.75, 3.05) is 0 Å². The average molecular weight is 370 g/mol. The van der Waals surface area contributed by atoms with Crippen LogP contribution in [0.1, 0.15) is 45.3 Å². The Hall–Kier alpha value is -2.57. The van der Waals surface area contributed by atoms with Crippen molar-refractivity contribution in [3.63, 3.8) is 0 Å².